The Morgan fingerprint density at radius 1 is 1.17 bits per heavy atom. The van der Waals surface area contributed by atoms with E-state index in [2.05, 4.69) is 6.92 Å². The Morgan fingerprint density at radius 3 is 2.44 bits per heavy atom. The number of thioether (sulfide) groups is 1. The molecule has 2 nitrogen and oxygen atoms in total. The topological polar surface area (TPSA) is 37.3 Å². The van der Waals surface area contributed by atoms with Crippen molar-refractivity contribution < 1.29 is 9.90 Å². The summed E-state index contributed by atoms with van der Waals surface area (Å²) in [5.74, 6) is -0.695. The normalized spacial score (nSPS) is 12.3. The van der Waals surface area contributed by atoms with Gasteiger partial charge >= 0.3 is 5.97 Å². The van der Waals surface area contributed by atoms with E-state index in [4.69, 9.17) is 0 Å². The lowest BCUT2D eigenvalue weighted by Crippen LogP contribution is -2.16. The lowest BCUT2D eigenvalue weighted by Gasteiger charge is -2.11. The Morgan fingerprint density at radius 2 is 1.83 bits per heavy atom. The summed E-state index contributed by atoms with van der Waals surface area (Å²) in [6.45, 7) is 2.19. The average molecular weight is 266 g/mol. The monoisotopic (exact) mass is 266 g/mol. The van der Waals surface area contributed by atoms with Crippen LogP contribution in [0.25, 0.3) is 0 Å². The van der Waals surface area contributed by atoms with E-state index in [1.54, 1.807) is 0 Å². The van der Waals surface area contributed by atoms with E-state index in [-0.39, 0.29) is 5.25 Å². The summed E-state index contributed by atoms with van der Waals surface area (Å²) in [6.07, 6.45) is 6.62. The number of unbranched alkanes of at least 4 members (excludes halogenated alkanes) is 4. The van der Waals surface area contributed by atoms with Gasteiger partial charge in [-0.25, -0.2) is 0 Å². The third-order valence-electron chi connectivity index (χ3n) is 2.87. The van der Waals surface area contributed by atoms with E-state index in [9.17, 15) is 9.90 Å². The predicted molar refractivity (Wildman–Crippen MR) is 77.1 cm³/mol. The largest absolute Gasteiger partial charge is 0.480 e. The van der Waals surface area contributed by atoms with E-state index >= 15 is 0 Å². The smallest absolute Gasteiger partial charge is 0.316 e. The summed E-state index contributed by atoms with van der Waals surface area (Å²) >= 11 is 1.46. The second-order valence-electron chi connectivity index (χ2n) is 4.46. The molecule has 18 heavy (non-hydrogen) atoms. The molecule has 100 valence electrons. The van der Waals surface area contributed by atoms with Crippen LogP contribution < -0.4 is 0 Å². The van der Waals surface area contributed by atoms with Gasteiger partial charge < -0.3 is 5.11 Å². The highest BCUT2D eigenvalue weighted by atomic mass is 32.2. The van der Waals surface area contributed by atoms with E-state index in [0.717, 1.165) is 24.2 Å². The van der Waals surface area contributed by atoms with Gasteiger partial charge in [0, 0.05) is 4.90 Å². The highest BCUT2D eigenvalue weighted by Gasteiger charge is 2.17. The minimum absolute atomic E-state index is 0.311. The summed E-state index contributed by atoms with van der Waals surface area (Å²) in [4.78, 5) is 12.2. The molecule has 3 heteroatoms. The lowest BCUT2D eigenvalue weighted by atomic mass is 10.1. The van der Waals surface area contributed by atoms with Crippen LogP contribution in [0.1, 0.15) is 45.4 Å². The molecule has 0 amide bonds. The van der Waals surface area contributed by atoms with Crippen molar-refractivity contribution in [2.24, 2.45) is 0 Å². The number of carboxylic acids is 1. The first kappa shape index (κ1) is 15.1. The fourth-order valence-electron chi connectivity index (χ4n) is 1.83. The van der Waals surface area contributed by atoms with Gasteiger partial charge in [-0.05, 0) is 18.6 Å². The number of rotatable bonds is 9. The fourth-order valence-corrected chi connectivity index (χ4v) is 2.86. The van der Waals surface area contributed by atoms with Crippen LogP contribution >= 0.6 is 11.8 Å². The molecule has 0 aliphatic carbocycles. The first-order chi connectivity index (χ1) is 8.74. The molecule has 0 aliphatic heterocycles. The zero-order chi connectivity index (χ0) is 13.2. The minimum Gasteiger partial charge on any atom is -0.480 e. The summed E-state index contributed by atoms with van der Waals surface area (Å²) in [5.41, 5.74) is 0. The van der Waals surface area contributed by atoms with Crippen LogP contribution in [0, 0.1) is 0 Å². The molecule has 0 fully saturated rings. The van der Waals surface area contributed by atoms with E-state index in [1.807, 2.05) is 30.3 Å². The van der Waals surface area contributed by atoms with Crippen molar-refractivity contribution in [3.05, 3.63) is 30.3 Å². The molecular formula is C15H22O2S. The second kappa shape index (κ2) is 9.03. The Bertz CT molecular complexity index is 338. The maximum atomic E-state index is 11.2. The van der Waals surface area contributed by atoms with Gasteiger partial charge in [-0.3, -0.25) is 4.79 Å². The standard InChI is InChI=1S/C15H22O2S/c1-2-3-4-5-9-12-14(15(16)17)18-13-10-7-6-8-11-13/h6-8,10-11,14H,2-5,9,12H2,1H3,(H,16,17). The molecule has 1 atom stereocenters. The van der Waals surface area contributed by atoms with Crippen LogP contribution in [0.3, 0.4) is 0 Å². The van der Waals surface area contributed by atoms with Gasteiger partial charge in [-0.2, -0.15) is 0 Å². The number of hydrogen-bond donors (Lipinski definition) is 1. The molecular weight excluding hydrogens is 244 g/mol. The van der Waals surface area contributed by atoms with Gasteiger partial charge in [-0.15, -0.1) is 11.8 Å². The minimum atomic E-state index is -0.695. The van der Waals surface area contributed by atoms with Gasteiger partial charge in [0.15, 0.2) is 0 Å². The van der Waals surface area contributed by atoms with Crippen molar-refractivity contribution in [2.45, 2.75) is 55.6 Å². The van der Waals surface area contributed by atoms with Crippen LogP contribution in [0.2, 0.25) is 0 Å². The summed E-state index contributed by atoms with van der Waals surface area (Å²) in [5, 5.41) is 8.91. The van der Waals surface area contributed by atoms with Gasteiger partial charge in [0.25, 0.3) is 0 Å². The van der Waals surface area contributed by atoms with Gasteiger partial charge in [0.05, 0.1) is 0 Å². The molecule has 0 saturated heterocycles. The van der Waals surface area contributed by atoms with E-state index < -0.39 is 5.97 Å². The van der Waals surface area contributed by atoms with Crippen LogP contribution in [0.15, 0.2) is 35.2 Å². The van der Waals surface area contributed by atoms with Crippen molar-refractivity contribution >= 4 is 17.7 Å². The van der Waals surface area contributed by atoms with Crippen LogP contribution in [0.5, 0.6) is 0 Å². The molecule has 0 heterocycles. The number of benzene rings is 1. The first-order valence-electron chi connectivity index (χ1n) is 6.68. The second-order valence-corrected chi connectivity index (χ2v) is 5.74. The quantitative estimate of drug-likeness (QED) is 0.524. The lowest BCUT2D eigenvalue weighted by molar-refractivity contribution is -0.136. The van der Waals surface area contributed by atoms with Gasteiger partial charge in [-0.1, -0.05) is 57.2 Å². The molecule has 1 rings (SSSR count). The zero-order valence-electron chi connectivity index (χ0n) is 11.0. The molecule has 0 radical (unpaired) electrons. The number of aliphatic carboxylic acids is 1. The third-order valence-corrected chi connectivity index (χ3v) is 4.13. The summed E-state index contributed by atoms with van der Waals surface area (Å²) < 4.78 is 0. The van der Waals surface area contributed by atoms with Crippen molar-refractivity contribution in [1.82, 2.24) is 0 Å². The Balaban J connectivity index is 2.34. The molecule has 0 bridgehead atoms. The molecule has 0 saturated carbocycles. The Labute approximate surface area is 114 Å². The summed E-state index contributed by atoms with van der Waals surface area (Å²) in [7, 11) is 0. The van der Waals surface area contributed by atoms with Crippen LogP contribution in [0.4, 0.5) is 0 Å². The predicted octanol–water partition coefficient (Wildman–Crippen LogP) is 4.59. The van der Waals surface area contributed by atoms with Crippen molar-refractivity contribution in [1.29, 1.82) is 0 Å². The van der Waals surface area contributed by atoms with E-state index in [0.29, 0.717) is 0 Å². The number of carboxylic acid groups (broad SMARTS) is 1. The van der Waals surface area contributed by atoms with Crippen molar-refractivity contribution in [2.75, 3.05) is 0 Å². The van der Waals surface area contributed by atoms with Crippen molar-refractivity contribution in [3.63, 3.8) is 0 Å². The SMILES string of the molecule is CCCCCCCC(Sc1ccccc1)C(=O)O. The highest BCUT2D eigenvalue weighted by molar-refractivity contribution is 8.00. The average Bonchev–Trinajstić information content (AvgIpc) is 2.38. The Hall–Kier alpha value is -0.960. The highest BCUT2D eigenvalue weighted by Crippen LogP contribution is 2.27. The molecule has 1 unspecified atom stereocenters. The Kier molecular flexibility index (Phi) is 7.58. The number of carbonyl (C=O) groups is 1. The fraction of sp³-hybridized carbons (Fsp3) is 0.533. The molecule has 1 aromatic carbocycles. The van der Waals surface area contributed by atoms with Gasteiger partial charge in [0.1, 0.15) is 5.25 Å². The maximum absolute atomic E-state index is 11.2. The van der Waals surface area contributed by atoms with Crippen LogP contribution in [-0.2, 0) is 4.79 Å². The van der Waals surface area contributed by atoms with Gasteiger partial charge in [0.2, 0.25) is 0 Å². The van der Waals surface area contributed by atoms with Crippen molar-refractivity contribution in [3.8, 4) is 0 Å². The van der Waals surface area contributed by atoms with Crippen LogP contribution in [-0.4, -0.2) is 16.3 Å². The first-order valence-corrected chi connectivity index (χ1v) is 7.56. The summed E-state index contributed by atoms with van der Waals surface area (Å²) in [6, 6.07) is 9.78. The maximum Gasteiger partial charge on any atom is 0.316 e. The number of hydrogen-bond acceptors (Lipinski definition) is 2. The molecule has 0 aliphatic rings. The molecule has 1 N–H and O–H groups in total. The zero-order valence-corrected chi connectivity index (χ0v) is 11.8. The molecule has 0 spiro atoms. The third kappa shape index (κ3) is 6.10. The molecule has 0 aromatic heterocycles. The van der Waals surface area contributed by atoms with E-state index in [1.165, 1.54) is 31.0 Å². The molecule has 1 aromatic rings.